The molecule has 0 saturated carbocycles. The summed E-state index contributed by atoms with van der Waals surface area (Å²) in [6.45, 7) is 1.48. The number of carbonyl (C=O) groups excluding carboxylic acids is 2. The van der Waals surface area contributed by atoms with Gasteiger partial charge in [-0.3, -0.25) is 4.79 Å². The Morgan fingerprint density at radius 2 is 1.82 bits per heavy atom. The maximum Gasteiger partial charge on any atom is 0.416 e. The number of halogens is 4. The van der Waals surface area contributed by atoms with Crippen LogP contribution >= 0.6 is 0 Å². The normalized spacial score (nSPS) is 17.0. The fourth-order valence-electron chi connectivity index (χ4n) is 2.90. The van der Waals surface area contributed by atoms with Crippen LogP contribution in [0.4, 0.5) is 28.0 Å². The first-order valence-corrected chi connectivity index (χ1v) is 8.17. The molecule has 0 saturated heterocycles. The largest absolute Gasteiger partial charge is 0.416 e. The topological polar surface area (TPSA) is 70.2 Å². The van der Waals surface area contributed by atoms with E-state index in [1.807, 2.05) is 0 Å². The third-order valence-corrected chi connectivity index (χ3v) is 4.14. The van der Waals surface area contributed by atoms with Gasteiger partial charge in [0.25, 0.3) is 5.91 Å². The van der Waals surface area contributed by atoms with Crippen molar-refractivity contribution in [2.75, 3.05) is 5.32 Å². The Labute approximate surface area is 157 Å². The van der Waals surface area contributed by atoms with Gasteiger partial charge in [0.1, 0.15) is 5.82 Å². The van der Waals surface area contributed by atoms with Crippen LogP contribution < -0.4 is 16.0 Å². The second kappa shape index (κ2) is 7.34. The van der Waals surface area contributed by atoms with Crippen molar-refractivity contribution >= 4 is 17.6 Å². The molecular formula is C19H15F4N3O2. The smallest absolute Gasteiger partial charge is 0.327 e. The van der Waals surface area contributed by atoms with Crippen LogP contribution in [0.5, 0.6) is 0 Å². The summed E-state index contributed by atoms with van der Waals surface area (Å²) in [5, 5.41) is 7.37. The van der Waals surface area contributed by atoms with Gasteiger partial charge in [-0.25, -0.2) is 9.18 Å². The summed E-state index contributed by atoms with van der Waals surface area (Å²) >= 11 is 0. The summed E-state index contributed by atoms with van der Waals surface area (Å²) in [7, 11) is 0. The molecule has 1 aliphatic rings. The summed E-state index contributed by atoms with van der Waals surface area (Å²) in [6, 6.07) is 7.97. The highest BCUT2D eigenvalue weighted by molar-refractivity contribution is 6.06. The van der Waals surface area contributed by atoms with Gasteiger partial charge < -0.3 is 16.0 Å². The standard InChI is InChI=1S/C19H15F4N3O2/c1-10-15(16(26-18(28)24-10)11-4-2-6-13(20)8-11)17(27)25-14-7-3-5-12(9-14)19(21,22)23/h2-9,16H,1H3,(H,25,27)(H2,24,26,28). The third kappa shape index (κ3) is 4.13. The Morgan fingerprint density at radius 3 is 2.50 bits per heavy atom. The Balaban J connectivity index is 1.94. The van der Waals surface area contributed by atoms with E-state index in [4.69, 9.17) is 0 Å². The second-order valence-electron chi connectivity index (χ2n) is 6.16. The number of carbonyl (C=O) groups is 2. The molecule has 1 heterocycles. The van der Waals surface area contributed by atoms with Crippen molar-refractivity contribution in [2.45, 2.75) is 19.1 Å². The molecule has 3 rings (SSSR count). The molecule has 9 heteroatoms. The number of amides is 3. The van der Waals surface area contributed by atoms with Gasteiger partial charge in [0, 0.05) is 11.4 Å². The van der Waals surface area contributed by atoms with Crippen LogP contribution in [0, 0.1) is 5.82 Å². The molecule has 0 aromatic heterocycles. The molecule has 2 aromatic carbocycles. The van der Waals surface area contributed by atoms with Gasteiger partial charge in [-0.15, -0.1) is 0 Å². The molecule has 0 radical (unpaired) electrons. The lowest BCUT2D eigenvalue weighted by molar-refractivity contribution is -0.137. The maximum atomic E-state index is 13.6. The van der Waals surface area contributed by atoms with Gasteiger partial charge in [0.15, 0.2) is 0 Å². The zero-order valence-electron chi connectivity index (χ0n) is 14.5. The van der Waals surface area contributed by atoms with Crippen molar-refractivity contribution in [3.05, 3.63) is 76.7 Å². The average Bonchev–Trinajstić information content (AvgIpc) is 2.60. The van der Waals surface area contributed by atoms with Crippen molar-refractivity contribution in [3.63, 3.8) is 0 Å². The lowest BCUT2D eigenvalue weighted by atomic mass is 9.94. The SMILES string of the molecule is CC1=C(C(=O)Nc2cccc(C(F)(F)F)c2)C(c2cccc(F)c2)NC(=O)N1. The van der Waals surface area contributed by atoms with Crippen LogP contribution in [0.1, 0.15) is 24.1 Å². The van der Waals surface area contributed by atoms with Crippen molar-refractivity contribution < 1.29 is 27.2 Å². The number of nitrogens with one attached hydrogen (secondary N) is 3. The fourth-order valence-corrected chi connectivity index (χ4v) is 2.90. The summed E-state index contributed by atoms with van der Waals surface area (Å²) < 4.78 is 52.2. The van der Waals surface area contributed by atoms with Crippen LogP contribution in [0.25, 0.3) is 0 Å². The van der Waals surface area contributed by atoms with Crippen LogP contribution in [-0.2, 0) is 11.0 Å². The van der Waals surface area contributed by atoms with E-state index in [1.165, 1.54) is 43.3 Å². The number of allylic oxidation sites excluding steroid dienone is 1. The summed E-state index contributed by atoms with van der Waals surface area (Å²) in [6.07, 6.45) is -4.56. The van der Waals surface area contributed by atoms with Crippen LogP contribution in [0.15, 0.2) is 59.8 Å². The number of anilines is 1. The number of benzene rings is 2. The summed E-state index contributed by atoms with van der Waals surface area (Å²) in [5.74, 6) is -1.28. The molecule has 3 N–H and O–H groups in total. The molecule has 0 bridgehead atoms. The van der Waals surface area contributed by atoms with Gasteiger partial charge in [-0.05, 0) is 42.8 Å². The fraction of sp³-hybridized carbons (Fsp3) is 0.158. The van der Waals surface area contributed by atoms with Gasteiger partial charge in [-0.2, -0.15) is 13.2 Å². The Bertz CT molecular complexity index is 970. The zero-order valence-corrected chi connectivity index (χ0v) is 14.5. The molecule has 2 aromatic rings. The molecule has 0 spiro atoms. The van der Waals surface area contributed by atoms with E-state index in [9.17, 15) is 27.2 Å². The Kier molecular flexibility index (Phi) is 5.08. The van der Waals surface area contributed by atoms with E-state index >= 15 is 0 Å². The highest BCUT2D eigenvalue weighted by Crippen LogP contribution is 2.32. The lowest BCUT2D eigenvalue weighted by Gasteiger charge is -2.28. The molecule has 146 valence electrons. The van der Waals surface area contributed by atoms with E-state index in [0.717, 1.165) is 12.1 Å². The molecule has 0 fully saturated rings. The third-order valence-electron chi connectivity index (χ3n) is 4.14. The van der Waals surface area contributed by atoms with Crippen molar-refractivity contribution in [2.24, 2.45) is 0 Å². The highest BCUT2D eigenvalue weighted by atomic mass is 19.4. The number of alkyl halides is 3. The van der Waals surface area contributed by atoms with Crippen molar-refractivity contribution in [3.8, 4) is 0 Å². The molecule has 1 atom stereocenters. The quantitative estimate of drug-likeness (QED) is 0.687. The van der Waals surface area contributed by atoms with Crippen molar-refractivity contribution in [1.82, 2.24) is 10.6 Å². The number of hydrogen-bond donors (Lipinski definition) is 3. The monoisotopic (exact) mass is 393 g/mol. The molecule has 5 nitrogen and oxygen atoms in total. The zero-order chi connectivity index (χ0) is 20.5. The van der Waals surface area contributed by atoms with Crippen LogP contribution in [0.2, 0.25) is 0 Å². The molecule has 28 heavy (non-hydrogen) atoms. The lowest BCUT2D eigenvalue weighted by Crippen LogP contribution is -2.46. The Morgan fingerprint density at radius 1 is 1.11 bits per heavy atom. The van der Waals surface area contributed by atoms with Gasteiger partial charge in [0.2, 0.25) is 0 Å². The predicted octanol–water partition coefficient (Wildman–Crippen LogP) is 4.11. The minimum Gasteiger partial charge on any atom is -0.327 e. The van der Waals surface area contributed by atoms with Crippen LogP contribution in [0.3, 0.4) is 0 Å². The first kappa shape index (κ1) is 19.4. The van der Waals surface area contributed by atoms with Gasteiger partial charge >= 0.3 is 12.2 Å². The molecule has 1 unspecified atom stereocenters. The van der Waals surface area contributed by atoms with E-state index in [2.05, 4.69) is 16.0 Å². The first-order chi connectivity index (χ1) is 13.1. The molecular weight excluding hydrogens is 378 g/mol. The van der Waals surface area contributed by atoms with Gasteiger partial charge in [0.05, 0.1) is 17.2 Å². The van der Waals surface area contributed by atoms with E-state index in [1.54, 1.807) is 0 Å². The molecule has 0 aliphatic carbocycles. The van der Waals surface area contributed by atoms with Crippen molar-refractivity contribution in [1.29, 1.82) is 0 Å². The number of rotatable bonds is 3. The summed E-state index contributed by atoms with van der Waals surface area (Å²) in [5.41, 5.74) is -0.378. The average molecular weight is 393 g/mol. The molecule has 3 amide bonds. The number of hydrogen-bond acceptors (Lipinski definition) is 2. The summed E-state index contributed by atoms with van der Waals surface area (Å²) in [4.78, 5) is 24.6. The minimum atomic E-state index is -4.56. The predicted molar refractivity (Wildman–Crippen MR) is 93.6 cm³/mol. The number of urea groups is 1. The van der Waals surface area contributed by atoms with Gasteiger partial charge in [-0.1, -0.05) is 18.2 Å². The Hall–Kier alpha value is -3.36. The molecule has 1 aliphatic heterocycles. The van der Waals surface area contributed by atoms with Crippen LogP contribution in [-0.4, -0.2) is 11.9 Å². The van der Waals surface area contributed by atoms with E-state index < -0.39 is 35.5 Å². The van der Waals surface area contributed by atoms with E-state index in [-0.39, 0.29) is 17.0 Å². The first-order valence-electron chi connectivity index (χ1n) is 8.17. The minimum absolute atomic E-state index is 0.0580. The highest BCUT2D eigenvalue weighted by Gasteiger charge is 2.33. The maximum absolute atomic E-state index is 13.6. The van der Waals surface area contributed by atoms with E-state index in [0.29, 0.717) is 5.56 Å². The second-order valence-corrected chi connectivity index (χ2v) is 6.16.